The van der Waals surface area contributed by atoms with Crippen LogP contribution < -0.4 is 0 Å². The molecular weight excluding hydrogens is 580 g/mol. The fourth-order valence-corrected chi connectivity index (χ4v) is 6.65. The molecular formula is C37H28F4N2S. The van der Waals surface area contributed by atoms with Crippen LogP contribution in [0.3, 0.4) is 0 Å². The zero-order valence-corrected chi connectivity index (χ0v) is 24.6. The van der Waals surface area contributed by atoms with E-state index in [1.54, 1.807) is 29.6 Å². The average Bonchev–Trinajstić information content (AvgIpc) is 3.35. The van der Waals surface area contributed by atoms with Crippen LogP contribution in [0.2, 0.25) is 0 Å². The van der Waals surface area contributed by atoms with E-state index in [0.717, 1.165) is 54.7 Å². The second kappa shape index (κ2) is 13.0. The van der Waals surface area contributed by atoms with E-state index in [4.69, 9.17) is 4.98 Å². The second-order valence-electron chi connectivity index (χ2n) is 10.9. The fourth-order valence-electron chi connectivity index (χ4n) is 5.64. The van der Waals surface area contributed by atoms with Gasteiger partial charge in [0.2, 0.25) is 0 Å². The highest BCUT2D eigenvalue weighted by Gasteiger charge is 2.19. The molecule has 5 aromatic rings. The van der Waals surface area contributed by atoms with Gasteiger partial charge in [-0.2, -0.15) is 5.26 Å². The first kappa shape index (κ1) is 29.5. The van der Waals surface area contributed by atoms with Gasteiger partial charge in [0.1, 0.15) is 30.4 Å². The summed E-state index contributed by atoms with van der Waals surface area (Å²) in [6.07, 6.45) is 4.45. The third kappa shape index (κ3) is 6.22. The van der Waals surface area contributed by atoms with Crippen molar-refractivity contribution >= 4 is 32.3 Å². The monoisotopic (exact) mass is 608 g/mol. The molecule has 2 atom stereocenters. The van der Waals surface area contributed by atoms with E-state index in [0.29, 0.717) is 17.6 Å². The fraction of sp³-hybridized carbons (Fsp3) is 0.189. The SMILES string of the molecule is N#Cc1ccc2nc(-c3ccc(-c4ccc5cc(C6C=CC(/C(CC(F)CF)=C(\F)CF)=CCC6)ccc5c4)cc3)sc2c1. The molecule has 1 heterocycles. The lowest BCUT2D eigenvalue weighted by molar-refractivity contribution is 0.258. The number of nitriles is 1. The summed E-state index contributed by atoms with van der Waals surface area (Å²) in [5, 5.41) is 12.3. The Morgan fingerprint density at radius 3 is 2.45 bits per heavy atom. The number of hydrogen-bond donors (Lipinski definition) is 0. The average molecular weight is 609 g/mol. The molecule has 0 fully saturated rings. The van der Waals surface area contributed by atoms with Crippen molar-refractivity contribution < 1.29 is 17.6 Å². The minimum atomic E-state index is -1.86. The number of aromatic nitrogens is 1. The third-order valence-electron chi connectivity index (χ3n) is 8.01. The summed E-state index contributed by atoms with van der Waals surface area (Å²) < 4.78 is 54.9. The topological polar surface area (TPSA) is 36.7 Å². The summed E-state index contributed by atoms with van der Waals surface area (Å²) in [4.78, 5) is 4.73. The lowest BCUT2D eigenvalue weighted by Gasteiger charge is -2.13. The summed E-state index contributed by atoms with van der Waals surface area (Å²) in [7, 11) is 0. The Morgan fingerprint density at radius 1 is 0.932 bits per heavy atom. The summed E-state index contributed by atoms with van der Waals surface area (Å²) in [6, 6.07) is 28.7. The maximum Gasteiger partial charge on any atom is 0.141 e. The maximum absolute atomic E-state index is 14.3. The van der Waals surface area contributed by atoms with Gasteiger partial charge in [-0.1, -0.05) is 72.8 Å². The molecule has 0 radical (unpaired) electrons. The maximum atomic E-state index is 14.3. The lowest BCUT2D eigenvalue weighted by atomic mass is 9.92. The first-order valence-electron chi connectivity index (χ1n) is 14.4. The Balaban J connectivity index is 1.20. The minimum absolute atomic E-state index is 0.0476. The molecule has 2 nitrogen and oxygen atoms in total. The molecule has 0 spiro atoms. The molecule has 7 heteroatoms. The first-order valence-corrected chi connectivity index (χ1v) is 15.2. The normalized spacial score (nSPS) is 16.3. The number of benzene rings is 4. The molecule has 1 aromatic heterocycles. The van der Waals surface area contributed by atoms with Crippen LogP contribution in [0.4, 0.5) is 17.6 Å². The van der Waals surface area contributed by atoms with Crippen LogP contribution >= 0.6 is 11.3 Å². The van der Waals surface area contributed by atoms with Crippen molar-refractivity contribution in [3.05, 3.63) is 125 Å². The molecule has 6 rings (SSSR count). The number of nitrogens with zero attached hydrogens (tertiary/aromatic N) is 2. The van der Waals surface area contributed by atoms with E-state index in [-0.39, 0.29) is 11.5 Å². The van der Waals surface area contributed by atoms with Gasteiger partial charge in [0.25, 0.3) is 0 Å². The molecule has 0 aliphatic heterocycles. The van der Waals surface area contributed by atoms with E-state index in [2.05, 4.69) is 66.7 Å². The lowest BCUT2D eigenvalue weighted by Crippen LogP contribution is -2.07. The first-order chi connectivity index (χ1) is 21.4. The van der Waals surface area contributed by atoms with Gasteiger partial charge in [-0.3, -0.25) is 0 Å². The van der Waals surface area contributed by atoms with Gasteiger partial charge >= 0.3 is 0 Å². The van der Waals surface area contributed by atoms with E-state index in [1.165, 1.54) is 0 Å². The molecule has 1 aliphatic rings. The summed E-state index contributed by atoms with van der Waals surface area (Å²) in [6.45, 7) is -2.57. The highest BCUT2D eigenvalue weighted by atomic mass is 32.1. The molecule has 0 N–H and O–H groups in total. The molecule has 4 aromatic carbocycles. The molecule has 0 saturated carbocycles. The Kier molecular flexibility index (Phi) is 8.72. The Hall–Kier alpha value is -4.54. The molecule has 44 heavy (non-hydrogen) atoms. The third-order valence-corrected chi connectivity index (χ3v) is 9.08. The molecule has 220 valence electrons. The summed E-state index contributed by atoms with van der Waals surface area (Å²) in [5.41, 5.74) is 6.14. The Bertz CT molecular complexity index is 1960. The smallest absolute Gasteiger partial charge is 0.141 e. The van der Waals surface area contributed by atoms with Crippen molar-refractivity contribution in [1.29, 1.82) is 5.26 Å². The van der Waals surface area contributed by atoms with Gasteiger partial charge < -0.3 is 0 Å². The minimum Gasteiger partial charge on any atom is -0.248 e. The van der Waals surface area contributed by atoms with Crippen LogP contribution in [0.15, 0.2) is 114 Å². The number of thiazole rings is 1. The molecule has 0 bridgehead atoms. The summed E-state index contributed by atoms with van der Waals surface area (Å²) >= 11 is 1.57. The van der Waals surface area contributed by atoms with Crippen molar-refractivity contribution in [3.63, 3.8) is 0 Å². The number of fused-ring (bicyclic) bond motifs is 2. The van der Waals surface area contributed by atoms with Crippen LogP contribution in [0, 0.1) is 11.3 Å². The van der Waals surface area contributed by atoms with Crippen molar-refractivity contribution in [2.75, 3.05) is 13.3 Å². The Labute approximate surface area is 257 Å². The number of halogens is 4. The van der Waals surface area contributed by atoms with E-state index >= 15 is 0 Å². The Morgan fingerprint density at radius 2 is 1.68 bits per heavy atom. The number of hydrogen-bond acceptors (Lipinski definition) is 3. The van der Waals surface area contributed by atoms with E-state index in [9.17, 15) is 22.8 Å². The van der Waals surface area contributed by atoms with Crippen molar-refractivity contribution in [2.45, 2.75) is 31.4 Å². The zero-order valence-electron chi connectivity index (χ0n) is 23.7. The van der Waals surface area contributed by atoms with Gasteiger partial charge in [-0.15, -0.1) is 11.3 Å². The zero-order chi connectivity index (χ0) is 30.6. The van der Waals surface area contributed by atoms with Gasteiger partial charge in [-0.05, 0) is 75.7 Å². The van der Waals surface area contributed by atoms with Crippen LogP contribution in [-0.4, -0.2) is 24.5 Å². The van der Waals surface area contributed by atoms with Crippen molar-refractivity contribution in [3.8, 4) is 27.8 Å². The molecule has 0 amide bonds. The van der Waals surface area contributed by atoms with Gasteiger partial charge in [0, 0.05) is 17.9 Å². The molecule has 1 aliphatic carbocycles. The predicted molar refractivity (Wildman–Crippen MR) is 172 cm³/mol. The predicted octanol–water partition coefficient (Wildman–Crippen LogP) is 10.9. The van der Waals surface area contributed by atoms with E-state index < -0.39 is 31.8 Å². The second-order valence-corrected chi connectivity index (χ2v) is 11.9. The van der Waals surface area contributed by atoms with Gasteiger partial charge in [0.05, 0.1) is 21.8 Å². The van der Waals surface area contributed by atoms with Crippen LogP contribution in [0.5, 0.6) is 0 Å². The van der Waals surface area contributed by atoms with Crippen molar-refractivity contribution in [2.24, 2.45) is 0 Å². The van der Waals surface area contributed by atoms with Gasteiger partial charge in [-0.25, -0.2) is 22.5 Å². The van der Waals surface area contributed by atoms with E-state index in [1.807, 2.05) is 18.2 Å². The number of alkyl halides is 3. The largest absolute Gasteiger partial charge is 0.248 e. The summed E-state index contributed by atoms with van der Waals surface area (Å²) in [5.74, 6) is -0.995. The highest BCUT2D eigenvalue weighted by Crippen LogP contribution is 2.35. The van der Waals surface area contributed by atoms with Crippen LogP contribution in [0.1, 0.15) is 36.3 Å². The molecule has 0 saturated heterocycles. The molecule has 2 unspecified atom stereocenters. The highest BCUT2D eigenvalue weighted by molar-refractivity contribution is 7.21. The number of allylic oxidation sites excluding steroid dienone is 6. The quantitative estimate of drug-likeness (QED) is 0.164. The number of rotatable bonds is 8. The van der Waals surface area contributed by atoms with Crippen LogP contribution in [-0.2, 0) is 0 Å². The van der Waals surface area contributed by atoms with Crippen molar-refractivity contribution in [1.82, 2.24) is 4.98 Å². The van der Waals surface area contributed by atoms with Crippen LogP contribution in [0.25, 0.3) is 42.7 Å². The standard InChI is InChI=1S/C37H28F4N2S/c38-20-32(40)19-33(34(41)21-39)26-3-1-2-24(5-8-26)28-11-13-31-18-29(12-14-30(31)17-28)25-6-9-27(10-7-25)37-43-35-15-4-23(22-42)16-36(35)44-37/h3-18,24,32H,1-2,19-21H2/b34-33-. The van der Waals surface area contributed by atoms with Gasteiger partial charge in [0.15, 0.2) is 0 Å².